The summed E-state index contributed by atoms with van der Waals surface area (Å²) in [6, 6.07) is 6.98. The molecule has 1 aliphatic heterocycles. The smallest absolute Gasteiger partial charge is 0.357 e. The molecule has 8 heteroatoms. The Bertz CT molecular complexity index is 823. The Hall–Kier alpha value is -3.16. The molecule has 1 aromatic carbocycles. The summed E-state index contributed by atoms with van der Waals surface area (Å²) in [5.41, 5.74) is 1.97. The Balaban J connectivity index is 2.23. The summed E-state index contributed by atoms with van der Waals surface area (Å²) < 4.78 is 10.9. The van der Waals surface area contributed by atoms with Gasteiger partial charge in [-0.25, -0.2) is 9.59 Å². The van der Waals surface area contributed by atoms with Crippen LogP contribution >= 0.6 is 0 Å². The number of nitrogens with zero attached hydrogens (tertiary/aromatic N) is 3. The van der Waals surface area contributed by atoms with E-state index in [9.17, 15) is 9.59 Å². The molecule has 3 rings (SSSR count). The van der Waals surface area contributed by atoms with E-state index in [1.54, 1.807) is 0 Å². The van der Waals surface area contributed by atoms with Gasteiger partial charge < -0.3 is 14.8 Å². The molecule has 0 radical (unpaired) electrons. The normalized spacial score (nSPS) is 16.2. The van der Waals surface area contributed by atoms with Crippen molar-refractivity contribution in [1.29, 1.82) is 0 Å². The monoisotopic (exact) mass is 328 g/mol. The molecule has 0 spiro atoms. The van der Waals surface area contributed by atoms with Crippen LogP contribution in [0.4, 0.5) is 5.95 Å². The molecule has 1 unspecified atom stereocenters. The van der Waals surface area contributed by atoms with Gasteiger partial charge in [-0.1, -0.05) is 29.8 Å². The number of ether oxygens (including phenoxy) is 2. The van der Waals surface area contributed by atoms with Crippen LogP contribution in [0.2, 0.25) is 0 Å². The summed E-state index contributed by atoms with van der Waals surface area (Å²) >= 11 is 0. The van der Waals surface area contributed by atoms with E-state index < -0.39 is 18.0 Å². The van der Waals surface area contributed by atoms with Crippen molar-refractivity contribution in [3.05, 3.63) is 47.3 Å². The molecule has 0 bridgehead atoms. The highest BCUT2D eigenvalue weighted by Gasteiger charge is 2.38. The van der Waals surface area contributed by atoms with Crippen molar-refractivity contribution in [3.63, 3.8) is 0 Å². The first kappa shape index (κ1) is 15.7. The largest absolute Gasteiger partial charge is 0.466 e. The molecule has 0 saturated carbocycles. The van der Waals surface area contributed by atoms with Gasteiger partial charge in [-0.05, 0) is 12.5 Å². The number of hydrogen-bond donors (Lipinski definition) is 1. The third-order valence-electron chi connectivity index (χ3n) is 3.77. The van der Waals surface area contributed by atoms with E-state index in [2.05, 4.69) is 15.4 Å². The van der Waals surface area contributed by atoms with Crippen molar-refractivity contribution in [2.24, 2.45) is 0 Å². The van der Waals surface area contributed by atoms with E-state index >= 15 is 0 Å². The summed E-state index contributed by atoms with van der Waals surface area (Å²) in [5, 5.41) is 7.10. The molecule has 2 heterocycles. The van der Waals surface area contributed by atoms with Gasteiger partial charge in [0.05, 0.1) is 25.8 Å². The van der Waals surface area contributed by atoms with Gasteiger partial charge in [-0.2, -0.15) is 14.8 Å². The van der Waals surface area contributed by atoms with E-state index in [4.69, 9.17) is 9.47 Å². The van der Waals surface area contributed by atoms with Gasteiger partial charge in [0.1, 0.15) is 6.33 Å². The van der Waals surface area contributed by atoms with E-state index in [1.807, 2.05) is 31.2 Å². The molecule has 0 saturated heterocycles. The zero-order valence-corrected chi connectivity index (χ0v) is 13.4. The molecule has 1 aliphatic rings. The molecule has 124 valence electrons. The highest BCUT2D eigenvalue weighted by molar-refractivity contribution is 6.19. The molecule has 1 N–H and O–H groups in total. The summed E-state index contributed by atoms with van der Waals surface area (Å²) in [7, 11) is 2.50. The second-order valence-electron chi connectivity index (χ2n) is 5.23. The van der Waals surface area contributed by atoms with Crippen molar-refractivity contribution in [1.82, 2.24) is 14.8 Å². The number of fused-ring (bicyclic) bond motifs is 1. The number of esters is 2. The molecular formula is C16H16N4O4. The Morgan fingerprint density at radius 2 is 1.79 bits per heavy atom. The molecule has 8 nitrogen and oxygen atoms in total. The van der Waals surface area contributed by atoms with Crippen molar-refractivity contribution in [2.75, 3.05) is 19.5 Å². The molecule has 1 atom stereocenters. The fourth-order valence-corrected chi connectivity index (χ4v) is 2.58. The number of methoxy groups -OCH3 is 2. The minimum atomic E-state index is -0.694. The Morgan fingerprint density at radius 1 is 1.12 bits per heavy atom. The van der Waals surface area contributed by atoms with Crippen LogP contribution in [0, 0.1) is 6.92 Å². The number of benzene rings is 1. The fraction of sp³-hybridized carbons (Fsp3) is 0.250. The van der Waals surface area contributed by atoms with Gasteiger partial charge in [0.25, 0.3) is 0 Å². The lowest BCUT2D eigenvalue weighted by molar-refractivity contribution is -0.138. The third kappa shape index (κ3) is 2.51. The zero-order valence-electron chi connectivity index (χ0n) is 13.4. The molecule has 0 amide bonds. The quantitative estimate of drug-likeness (QED) is 0.849. The van der Waals surface area contributed by atoms with Gasteiger partial charge in [-0.15, -0.1) is 0 Å². The second-order valence-corrected chi connectivity index (χ2v) is 5.23. The molecule has 0 aliphatic carbocycles. The summed E-state index contributed by atoms with van der Waals surface area (Å²) in [6.45, 7) is 1.96. The van der Waals surface area contributed by atoms with E-state index in [1.165, 1.54) is 25.2 Å². The Morgan fingerprint density at radius 3 is 2.42 bits per heavy atom. The lowest BCUT2D eigenvalue weighted by Gasteiger charge is -2.28. The first-order valence-corrected chi connectivity index (χ1v) is 7.21. The van der Waals surface area contributed by atoms with Crippen molar-refractivity contribution in [2.45, 2.75) is 13.0 Å². The van der Waals surface area contributed by atoms with E-state index in [-0.39, 0.29) is 11.3 Å². The molecular weight excluding hydrogens is 312 g/mol. The molecule has 24 heavy (non-hydrogen) atoms. The number of nitrogens with one attached hydrogen (secondary N) is 1. The average Bonchev–Trinajstić information content (AvgIpc) is 3.07. The molecule has 0 fully saturated rings. The topological polar surface area (TPSA) is 95.3 Å². The first-order valence-electron chi connectivity index (χ1n) is 7.21. The highest BCUT2D eigenvalue weighted by atomic mass is 16.5. The van der Waals surface area contributed by atoms with Crippen LogP contribution in [0.1, 0.15) is 17.2 Å². The van der Waals surface area contributed by atoms with Crippen LogP contribution in [0.25, 0.3) is 5.70 Å². The number of hydrogen-bond acceptors (Lipinski definition) is 7. The number of anilines is 1. The number of rotatable bonds is 3. The van der Waals surface area contributed by atoms with Gasteiger partial charge in [-0.3, -0.25) is 0 Å². The Kier molecular flexibility index (Phi) is 4.03. The maximum Gasteiger partial charge on any atom is 0.357 e. The highest BCUT2D eigenvalue weighted by Crippen LogP contribution is 2.35. The SMILES string of the molecule is COC(=O)C1=C(C(=O)OC)n2ncnc2NC1c1ccc(C)cc1. The first-order chi connectivity index (χ1) is 11.6. The van der Waals surface area contributed by atoms with Crippen LogP contribution in [-0.2, 0) is 19.1 Å². The number of carbonyl (C=O) groups excluding carboxylic acids is 2. The number of carbonyl (C=O) groups is 2. The van der Waals surface area contributed by atoms with Crippen LogP contribution in [0.5, 0.6) is 0 Å². The summed E-state index contributed by atoms with van der Waals surface area (Å²) in [5.74, 6) is -0.996. The standard InChI is InChI=1S/C16H16N4O4/c1-9-4-6-10(7-5-9)12-11(14(21)23-2)13(15(22)24-3)20-16(19-12)17-8-18-20/h4-8,12H,1-3H3,(H,17,18,19). The minimum absolute atomic E-state index is 0.0128. The van der Waals surface area contributed by atoms with Gasteiger partial charge in [0, 0.05) is 0 Å². The Labute approximate surface area is 138 Å². The average molecular weight is 328 g/mol. The fourth-order valence-electron chi connectivity index (χ4n) is 2.58. The van der Waals surface area contributed by atoms with Crippen molar-refractivity contribution in [3.8, 4) is 0 Å². The minimum Gasteiger partial charge on any atom is -0.466 e. The predicted molar refractivity (Wildman–Crippen MR) is 84.8 cm³/mol. The van der Waals surface area contributed by atoms with Crippen LogP contribution in [0.3, 0.4) is 0 Å². The maximum absolute atomic E-state index is 12.4. The van der Waals surface area contributed by atoms with Crippen LogP contribution in [-0.4, -0.2) is 40.9 Å². The lowest BCUT2D eigenvalue weighted by Crippen LogP contribution is -2.32. The van der Waals surface area contributed by atoms with Crippen LogP contribution in [0.15, 0.2) is 36.2 Å². The van der Waals surface area contributed by atoms with Gasteiger partial charge in [0.15, 0.2) is 5.70 Å². The molecule has 2 aromatic rings. The maximum atomic E-state index is 12.4. The number of aryl methyl sites for hydroxylation is 1. The second kappa shape index (κ2) is 6.15. The number of aromatic nitrogens is 3. The van der Waals surface area contributed by atoms with Gasteiger partial charge in [0.2, 0.25) is 5.95 Å². The third-order valence-corrected chi connectivity index (χ3v) is 3.77. The zero-order chi connectivity index (χ0) is 17.3. The summed E-state index contributed by atoms with van der Waals surface area (Å²) in [6.07, 6.45) is 1.29. The lowest BCUT2D eigenvalue weighted by atomic mass is 9.95. The predicted octanol–water partition coefficient (Wildman–Crippen LogP) is 1.31. The van der Waals surface area contributed by atoms with E-state index in [0.29, 0.717) is 5.95 Å². The molecule has 1 aromatic heterocycles. The van der Waals surface area contributed by atoms with E-state index in [0.717, 1.165) is 11.1 Å². The van der Waals surface area contributed by atoms with Crippen molar-refractivity contribution >= 4 is 23.6 Å². The van der Waals surface area contributed by atoms with Crippen molar-refractivity contribution < 1.29 is 19.1 Å². The van der Waals surface area contributed by atoms with Crippen LogP contribution < -0.4 is 5.32 Å². The summed E-state index contributed by atoms with van der Waals surface area (Å²) in [4.78, 5) is 28.8. The van der Waals surface area contributed by atoms with Gasteiger partial charge >= 0.3 is 11.9 Å².